The van der Waals surface area contributed by atoms with Crippen LogP contribution in [0.1, 0.15) is 13.8 Å². The average Bonchev–Trinajstić information content (AvgIpc) is 2.13. The van der Waals surface area contributed by atoms with Crippen LogP contribution in [0, 0.1) is 5.92 Å². The van der Waals surface area contributed by atoms with E-state index in [0.29, 0.717) is 5.92 Å². The fraction of sp³-hybridized carbons (Fsp3) is 0.800. The van der Waals surface area contributed by atoms with Gasteiger partial charge in [0.15, 0.2) is 0 Å². The molecule has 1 heterocycles. The van der Waals surface area contributed by atoms with Crippen LogP contribution in [0.4, 0.5) is 0 Å². The molecule has 0 saturated carbocycles. The van der Waals surface area contributed by atoms with Crippen molar-refractivity contribution >= 4 is 18.1 Å². The van der Waals surface area contributed by atoms with Crippen molar-refractivity contribution in [2.24, 2.45) is 11.1 Å². The Morgan fingerprint density at radius 1 is 1.78 bits per heavy atom. The lowest BCUT2D eigenvalue weighted by molar-refractivity contribution is 0.00695. The van der Waals surface area contributed by atoms with Crippen LogP contribution in [0.5, 0.6) is 0 Å². The lowest BCUT2D eigenvalue weighted by Crippen LogP contribution is -2.27. The van der Waals surface area contributed by atoms with Crippen molar-refractivity contribution in [3.63, 3.8) is 0 Å². The van der Waals surface area contributed by atoms with E-state index >= 15 is 0 Å². The quantitative estimate of drug-likeness (QED) is 0.525. The van der Waals surface area contributed by atoms with Gasteiger partial charge in [0.25, 0.3) is 0 Å². The van der Waals surface area contributed by atoms with Crippen LogP contribution in [-0.2, 0) is 4.84 Å². The molecule has 0 amide bonds. The second-order valence-corrected chi connectivity index (χ2v) is 2.70. The molecule has 1 aliphatic rings. The van der Waals surface area contributed by atoms with E-state index < -0.39 is 0 Å². The van der Waals surface area contributed by atoms with E-state index in [1.807, 2.05) is 13.8 Å². The monoisotopic (exact) mass is 148 g/mol. The highest BCUT2D eigenvalue weighted by Crippen LogP contribution is 2.17. The van der Waals surface area contributed by atoms with E-state index in [2.05, 4.69) is 5.16 Å². The van der Waals surface area contributed by atoms with Crippen molar-refractivity contribution in [1.82, 2.24) is 4.42 Å². The number of oxime groups is 1. The minimum atomic E-state index is -0.0910. The van der Waals surface area contributed by atoms with Crippen LogP contribution in [0.15, 0.2) is 5.16 Å². The van der Waals surface area contributed by atoms with Crippen LogP contribution in [-0.4, -0.2) is 17.0 Å². The Balaban J connectivity index is 2.45. The van der Waals surface area contributed by atoms with Crippen LogP contribution >= 0.6 is 11.8 Å². The van der Waals surface area contributed by atoms with E-state index in [4.69, 9.17) is 16.6 Å². The summed E-state index contributed by atoms with van der Waals surface area (Å²) in [7, 11) is 0. The third-order valence-corrected chi connectivity index (χ3v) is 1.42. The molecule has 9 heavy (non-hydrogen) atoms. The van der Waals surface area contributed by atoms with Gasteiger partial charge in [0.05, 0.1) is 0 Å². The smallest absolute Gasteiger partial charge is 0.216 e. The molecule has 0 saturated heterocycles. The Morgan fingerprint density at radius 3 is 2.67 bits per heavy atom. The number of hydrogen-bond donors (Lipinski definition) is 0. The van der Waals surface area contributed by atoms with Crippen molar-refractivity contribution in [3.8, 4) is 0 Å². The first-order chi connectivity index (χ1) is 4.22. The predicted octanol–water partition coefficient (Wildman–Crippen LogP) is 1.40. The number of hydrogen-bond acceptors (Lipinski definition) is 3. The first-order valence-corrected chi connectivity index (χ1v) is 3.19. The molecule has 0 aromatic carbocycles. The molecule has 0 bridgehead atoms. The van der Waals surface area contributed by atoms with Gasteiger partial charge in [-0.05, 0) is 0 Å². The summed E-state index contributed by atoms with van der Waals surface area (Å²) < 4.78 is 1.44. The van der Waals surface area contributed by atoms with Gasteiger partial charge in [0, 0.05) is 17.7 Å². The van der Waals surface area contributed by atoms with Gasteiger partial charge >= 0.3 is 0 Å². The predicted molar refractivity (Wildman–Crippen MR) is 35.9 cm³/mol. The van der Waals surface area contributed by atoms with Crippen molar-refractivity contribution < 1.29 is 4.84 Å². The molecule has 4 heteroatoms. The third-order valence-electron chi connectivity index (χ3n) is 1.14. The Hall–Kier alpha value is -0.440. The van der Waals surface area contributed by atoms with E-state index in [1.54, 1.807) is 0 Å². The minimum Gasteiger partial charge on any atom is -0.367 e. The highest BCUT2D eigenvalue weighted by molar-refractivity contribution is 6.19. The molecule has 0 spiro atoms. The zero-order chi connectivity index (χ0) is 6.85. The highest BCUT2D eigenvalue weighted by Gasteiger charge is 2.23. The topological polar surface area (TPSA) is 24.8 Å². The normalized spacial score (nSPS) is 25.3. The van der Waals surface area contributed by atoms with Crippen LogP contribution in [0.2, 0.25) is 0 Å². The molecule has 52 valence electrons. The number of rotatable bonds is 1. The maximum Gasteiger partial charge on any atom is 0.216 e. The summed E-state index contributed by atoms with van der Waals surface area (Å²) in [5, 5.41) is 3.54. The molecule has 0 aromatic heterocycles. The molecule has 0 aromatic rings. The molecule has 0 fully saturated rings. The van der Waals surface area contributed by atoms with Gasteiger partial charge in [0.2, 0.25) is 6.23 Å². The van der Waals surface area contributed by atoms with Crippen molar-refractivity contribution in [1.29, 1.82) is 0 Å². The molecule has 1 atom stereocenters. The molecule has 1 unspecified atom stereocenters. The van der Waals surface area contributed by atoms with E-state index in [9.17, 15) is 0 Å². The van der Waals surface area contributed by atoms with Gasteiger partial charge < -0.3 is 4.84 Å². The number of nitrogens with zero attached hydrogens (tertiary/aromatic N) is 2. The van der Waals surface area contributed by atoms with Gasteiger partial charge in [-0.2, -0.15) is 0 Å². The van der Waals surface area contributed by atoms with Crippen LogP contribution in [0.3, 0.4) is 0 Å². The lowest BCUT2D eigenvalue weighted by atomic mass is 10.2. The summed E-state index contributed by atoms with van der Waals surface area (Å²) in [5.41, 5.74) is 0. The highest BCUT2D eigenvalue weighted by atomic mass is 35.5. The fourth-order valence-corrected chi connectivity index (χ4v) is 0.949. The first kappa shape index (κ1) is 6.68. The second-order valence-electron chi connectivity index (χ2n) is 2.31. The van der Waals surface area contributed by atoms with E-state index in [-0.39, 0.29) is 6.23 Å². The van der Waals surface area contributed by atoms with E-state index in [0.717, 1.165) is 0 Å². The molecular weight excluding hydrogens is 140 g/mol. The molecule has 1 rings (SSSR count). The largest absolute Gasteiger partial charge is 0.367 e. The fourth-order valence-electron chi connectivity index (χ4n) is 0.652. The SMILES string of the molecule is CC(C)C1ON=CN1Cl. The Bertz CT molecular complexity index is 126. The Kier molecular flexibility index (Phi) is 1.81. The molecular formula is C5H9ClN2O. The first-order valence-electron chi connectivity index (χ1n) is 2.85. The van der Waals surface area contributed by atoms with Crippen molar-refractivity contribution in [3.05, 3.63) is 0 Å². The number of halogens is 1. The molecule has 3 nitrogen and oxygen atoms in total. The summed E-state index contributed by atoms with van der Waals surface area (Å²) in [6, 6.07) is 0. The van der Waals surface area contributed by atoms with Gasteiger partial charge in [-0.3, -0.25) is 0 Å². The van der Waals surface area contributed by atoms with E-state index in [1.165, 1.54) is 10.8 Å². The van der Waals surface area contributed by atoms with Crippen LogP contribution in [0.25, 0.3) is 0 Å². The zero-order valence-electron chi connectivity index (χ0n) is 5.41. The third kappa shape index (κ3) is 1.27. The summed E-state index contributed by atoms with van der Waals surface area (Å²) in [5.74, 6) is 0.366. The summed E-state index contributed by atoms with van der Waals surface area (Å²) >= 11 is 5.63. The standard InChI is InChI=1S/C5H9ClN2O/c1-4(2)5-8(6)3-7-9-5/h3-5H,1-2H3. The average molecular weight is 149 g/mol. The summed E-state index contributed by atoms with van der Waals surface area (Å²) in [6.07, 6.45) is 1.37. The van der Waals surface area contributed by atoms with Gasteiger partial charge in [-0.15, -0.1) is 0 Å². The minimum absolute atomic E-state index is 0.0910. The molecule has 0 N–H and O–H groups in total. The van der Waals surface area contributed by atoms with Gasteiger partial charge in [0.1, 0.15) is 6.34 Å². The summed E-state index contributed by atoms with van der Waals surface area (Å²) in [4.78, 5) is 4.89. The Labute approximate surface area is 59.3 Å². The second kappa shape index (κ2) is 2.43. The van der Waals surface area contributed by atoms with Gasteiger partial charge in [-0.1, -0.05) is 19.0 Å². The van der Waals surface area contributed by atoms with Crippen molar-refractivity contribution in [2.45, 2.75) is 20.1 Å². The summed E-state index contributed by atoms with van der Waals surface area (Å²) in [6.45, 7) is 4.05. The maximum atomic E-state index is 5.63. The van der Waals surface area contributed by atoms with Crippen molar-refractivity contribution in [2.75, 3.05) is 0 Å². The van der Waals surface area contributed by atoms with Gasteiger partial charge in [-0.25, -0.2) is 4.42 Å². The molecule has 0 aliphatic carbocycles. The zero-order valence-corrected chi connectivity index (χ0v) is 6.17. The maximum absolute atomic E-state index is 5.63. The molecule has 0 radical (unpaired) electrons. The Morgan fingerprint density at radius 2 is 2.44 bits per heavy atom. The van der Waals surface area contributed by atoms with Crippen LogP contribution < -0.4 is 0 Å². The molecule has 1 aliphatic heterocycles. The lowest BCUT2D eigenvalue weighted by Gasteiger charge is -2.16.